The molecule has 0 saturated heterocycles. The van der Waals surface area contributed by atoms with Gasteiger partial charge in [-0.15, -0.1) is 0 Å². The van der Waals surface area contributed by atoms with E-state index in [2.05, 4.69) is 4.98 Å². The van der Waals surface area contributed by atoms with Crippen LogP contribution in [-0.2, 0) is 11.3 Å². The molecular formula is C24H18N2O4. The molecule has 0 bridgehead atoms. The number of aromatic nitrogens is 2. The highest BCUT2D eigenvalue weighted by Gasteiger charge is 2.12. The van der Waals surface area contributed by atoms with Crippen LogP contribution in [0.15, 0.2) is 83.7 Å². The summed E-state index contributed by atoms with van der Waals surface area (Å²) in [6.45, 7) is 1.70. The lowest BCUT2D eigenvalue weighted by atomic mass is 10.0. The molecule has 2 aromatic carbocycles. The second kappa shape index (κ2) is 8.13. The third-order valence-corrected chi connectivity index (χ3v) is 4.70. The fourth-order valence-corrected chi connectivity index (χ4v) is 3.17. The highest BCUT2D eigenvalue weighted by molar-refractivity contribution is 6.09. The second-order valence-corrected chi connectivity index (χ2v) is 6.80. The minimum absolute atomic E-state index is 0.119. The number of fused-ring (bicyclic) bond motifs is 1. The quantitative estimate of drug-likeness (QED) is 0.379. The molecule has 6 nitrogen and oxygen atoms in total. The Labute approximate surface area is 172 Å². The van der Waals surface area contributed by atoms with Crippen molar-refractivity contribution in [1.82, 2.24) is 9.38 Å². The van der Waals surface area contributed by atoms with Gasteiger partial charge in [-0.3, -0.25) is 14.0 Å². The first-order valence-electron chi connectivity index (χ1n) is 9.38. The van der Waals surface area contributed by atoms with Crippen molar-refractivity contribution in [3.8, 4) is 0 Å². The highest BCUT2D eigenvalue weighted by Crippen LogP contribution is 2.12. The Hall–Kier alpha value is -4.06. The molecule has 0 spiro atoms. The van der Waals surface area contributed by atoms with E-state index in [9.17, 15) is 14.4 Å². The van der Waals surface area contributed by atoms with Crippen LogP contribution in [0.5, 0.6) is 0 Å². The van der Waals surface area contributed by atoms with Crippen molar-refractivity contribution >= 4 is 17.4 Å². The van der Waals surface area contributed by atoms with Gasteiger partial charge in [0.2, 0.25) is 0 Å². The monoisotopic (exact) mass is 398 g/mol. The molecule has 0 radical (unpaired) electrons. The van der Waals surface area contributed by atoms with E-state index in [0.29, 0.717) is 28.0 Å². The Kier molecular flexibility index (Phi) is 5.22. The first-order valence-corrected chi connectivity index (χ1v) is 9.38. The molecule has 0 fully saturated rings. The lowest BCUT2D eigenvalue weighted by Gasteiger charge is -2.08. The van der Waals surface area contributed by atoms with Gasteiger partial charge in [-0.05, 0) is 31.2 Å². The van der Waals surface area contributed by atoms with E-state index >= 15 is 0 Å². The van der Waals surface area contributed by atoms with Crippen LogP contribution in [-0.4, -0.2) is 21.1 Å². The number of esters is 1. The van der Waals surface area contributed by atoms with Crippen LogP contribution in [0.2, 0.25) is 0 Å². The first-order chi connectivity index (χ1) is 14.5. The van der Waals surface area contributed by atoms with E-state index in [4.69, 9.17) is 4.74 Å². The fraction of sp³-hybridized carbons (Fsp3) is 0.0833. The number of carbonyl (C=O) groups is 2. The van der Waals surface area contributed by atoms with Crippen molar-refractivity contribution in [2.24, 2.45) is 0 Å². The predicted octanol–water partition coefficient (Wildman–Crippen LogP) is 3.59. The van der Waals surface area contributed by atoms with Crippen LogP contribution in [0.4, 0.5) is 0 Å². The van der Waals surface area contributed by atoms with Gasteiger partial charge in [0, 0.05) is 22.9 Å². The van der Waals surface area contributed by atoms with Crippen molar-refractivity contribution in [3.05, 3.63) is 117 Å². The summed E-state index contributed by atoms with van der Waals surface area (Å²) in [5.41, 5.74) is 2.79. The average molecular weight is 398 g/mol. The van der Waals surface area contributed by atoms with Crippen molar-refractivity contribution in [2.75, 3.05) is 0 Å². The SMILES string of the molecule is Cc1cccc2nc(COC(=O)c3ccc(C(=O)c4ccccc4)cc3)cc(=O)n12. The number of hydrogen-bond donors (Lipinski definition) is 0. The van der Waals surface area contributed by atoms with Gasteiger partial charge in [-0.25, -0.2) is 9.78 Å². The molecule has 4 rings (SSSR count). The number of nitrogens with zero attached hydrogens (tertiary/aromatic N) is 2. The zero-order valence-corrected chi connectivity index (χ0v) is 16.2. The molecular weight excluding hydrogens is 380 g/mol. The number of carbonyl (C=O) groups excluding carboxylic acids is 2. The molecule has 0 aliphatic heterocycles. The van der Waals surface area contributed by atoms with E-state index in [1.165, 1.54) is 10.5 Å². The highest BCUT2D eigenvalue weighted by atomic mass is 16.5. The summed E-state index contributed by atoms with van der Waals surface area (Å²) in [4.78, 5) is 41.5. The number of benzene rings is 2. The zero-order valence-electron chi connectivity index (χ0n) is 16.2. The lowest BCUT2D eigenvalue weighted by molar-refractivity contribution is 0.0467. The Balaban J connectivity index is 1.46. The van der Waals surface area contributed by atoms with Crippen LogP contribution in [0.3, 0.4) is 0 Å². The van der Waals surface area contributed by atoms with Crippen LogP contribution in [0, 0.1) is 6.92 Å². The first kappa shape index (κ1) is 19.3. The third kappa shape index (κ3) is 3.89. The topological polar surface area (TPSA) is 77.7 Å². The summed E-state index contributed by atoms with van der Waals surface area (Å²) in [7, 11) is 0. The van der Waals surface area contributed by atoms with E-state index in [1.54, 1.807) is 54.6 Å². The standard InChI is InChI=1S/C24H18N2O4/c1-16-6-5-9-21-25-20(14-22(27)26(16)21)15-30-24(29)19-12-10-18(11-13-19)23(28)17-7-3-2-4-8-17/h2-14H,15H2,1H3. The Morgan fingerprint density at radius 3 is 2.27 bits per heavy atom. The van der Waals surface area contributed by atoms with Crippen LogP contribution in [0.1, 0.15) is 37.7 Å². The molecule has 0 aliphatic rings. The van der Waals surface area contributed by atoms with E-state index in [-0.39, 0.29) is 17.9 Å². The molecule has 2 heterocycles. The van der Waals surface area contributed by atoms with E-state index in [0.717, 1.165) is 5.69 Å². The molecule has 2 aromatic heterocycles. The Bertz CT molecular complexity index is 1290. The molecule has 0 unspecified atom stereocenters. The van der Waals surface area contributed by atoms with Gasteiger partial charge >= 0.3 is 5.97 Å². The molecule has 0 saturated carbocycles. The number of ketones is 1. The maximum Gasteiger partial charge on any atom is 0.338 e. The Morgan fingerprint density at radius 2 is 1.53 bits per heavy atom. The summed E-state index contributed by atoms with van der Waals surface area (Å²) < 4.78 is 6.79. The molecule has 0 aliphatic carbocycles. The van der Waals surface area contributed by atoms with Gasteiger partial charge < -0.3 is 4.74 Å². The van der Waals surface area contributed by atoms with Gasteiger partial charge in [0.15, 0.2) is 5.78 Å². The number of hydrogen-bond acceptors (Lipinski definition) is 5. The fourth-order valence-electron chi connectivity index (χ4n) is 3.17. The summed E-state index contributed by atoms with van der Waals surface area (Å²) in [5.74, 6) is -0.674. The Morgan fingerprint density at radius 1 is 0.867 bits per heavy atom. The van der Waals surface area contributed by atoms with Crippen LogP contribution >= 0.6 is 0 Å². The molecule has 0 atom stereocenters. The molecule has 30 heavy (non-hydrogen) atoms. The van der Waals surface area contributed by atoms with Crippen molar-refractivity contribution in [2.45, 2.75) is 13.5 Å². The molecule has 4 aromatic rings. The number of aryl methyl sites for hydroxylation is 1. The predicted molar refractivity (Wildman–Crippen MR) is 112 cm³/mol. The summed E-state index contributed by atoms with van der Waals surface area (Å²) in [6, 6.07) is 21.9. The normalized spacial score (nSPS) is 10.7. The number of ether oxygens (including phenoxy) is 1. The van der Waals surface area contributed by atoms with Gasteiger partial charge in [0.25, 0.3) is 5.56 Å². The van der Waals surface area contributed by atoms with Gasteiger partial charge in [-0.2, -0.15) is 0 Å². The van der Waals surface area contributed by atoms with Crippen LogP contribution in [0.25, 0.3) is 5.65 Å². The summed E-state index contributed by atoms with van der Waals surface area (Å²) in [6.07, 6.45) is 0. The molecule has 6 heteroatoms. The summed E-state index contributed by atoms with van der Waals surface area (Å²) in [5, 5.41) is 0. The zero-order chi connectivity index (χ0) is 21.1. The minimum Gasteiger partial charge on any atom is -0.456 e. The number of pyridine rings is 1. The van der Waals surface area contributed by atoms with Crippen molar-refractivity contribution in [3.63, 3.8) is 0 Å². The smallest absolute Gasteiger partial charge is 0.338 e. The third-order valence-electron chi connectivity index (χ3n) is 4.70. The van der Waals surface area contributed by atoms with E-state index in [1.807, 2.05) is 25.1 Å². The van der Waals surface area contributed by atoms with Gasteiger partial charge in [0.1, 0.15) is 12.3 Å². The lowest BCUT2D eigenvalue weighted by Crippen LogP contribution is -2.18. The minimum atomic E-state index is -0.556. The van der Waals surface area contributed by atoms with Gasteiger partial charge in [-0.1, -0.05) is 48.5 Å². The molecule has 0 N–H and O–H groups in total. The second-order valence-electron chi connectivity index (χ2n) is 6.80. The number of rotatable bonds is 5. The summed E-state index contributed by atoms with van der Waals surface area (Å²) >= 11 is 0. The van der Waals surface area contributed by atoms with Crippen molar-refractivity contribution in [1.29, 1.82) is 0 Å². The average Bonchev–Trinajstić information content (AvgIpc) is 2.77. The molecule has 0 amide bonds. The maximum atomic E-state index is 12.4. The maximum absolute atomic E-state index is 12.4. The van der Waals surface area contributed by atoms with Gasteiger partial charge in [0.05, 0.1) is 11.3 Å². The van der Waals surface area contributed by atoms with Crippen molar-refractivity contribution < 1.29 is 14.3 Å². The van der Waals surface area contributed by atoms with Crippen LogP contribution < -0.4 is 5.56 Å². The molecule has 148 valence electrons. The van der Waals surface area contributed by atoms with E-state index < -0.39 is 5.97 Å². The largest absolute Gasteiger partial charge is 0.456 e.